The molecule has 0 aliphatic carbocycles. The standard InChI is InChI=1S/C13H18O3/c1-6-16-11-7-8(2)12(13(14)15-5)10(4)9(11)3/h7H,6H2,1-5H3. The zero-order valence-electron chi connectivity index (χ0n) is 10.5. The lowest BCUT2D eigenvalue weighted by Gasteiger charge is -2.15. The van der Waals surface area contributed by atoms with Gasteiger partial charge in [-0.15, -0.1) is 0 Å². The Morgan fingerprint density at radius 1 is 1.25 bits per heavy atom. The summed E-state index contributed by atoms with van der Waals surface area (Å²) >= 11 is 0. The molecular weight excluding hydrogens is 204 g/mol. The number of esters is 1. The van der Waals surface area contributed by atoms with Gasteiger partial charge in [0.05, 0.1) is 19.3 Å². The number of benzene rings is 1. The molecule has 0 saturated heterocycles. The third-order valence-corrected chi connectivity index (χ3v) is 2.74. The van der Waals surface area contributed by atoms with Crippen molar-refractivity contribution in [1.29, 1.82) is 0 Å². The summed E-state index contributed by atoms with van der Waals surface area (Å²) in [6.45, 7) is 8.32. The number of aryl methyl sites for hydroxylation is 1. The molecule has 88 valence electrons. The first-order valence-electron chi connectivity index (χ1n) is 5.34. The highest BCUT2D eigenvalue weighted by Gasteiger charge is 2.17. The molecule has 0 saturated carbocycles. The summed E-state index contributed by atoms with van der Waals surface area (Å²) < 4.78 is 10.3. The van der Waals surface area contributed by atoms with Gasteiger partial charge in [0.1, 0.15) is 5.75 Å². The van der Waals surface area contributed by atoms with Crippen LogP contribution in [0.3, 0.4) is 0 Å². The number of carbonyl (C=O) groups is 1. The monoisotopic (exact) mass is 222 g/mol. The number of hydrogen-bond acceptors (Lipinski definition) is 3. The van der Waals surface area contributed by atoms with Crippen molar-refractivity contribution in [3.05, 3.63) is 28.3 Å². The van der Waals surface area contributed by atoms with Crippen molar-refractivity contribution in [3.8, 4) is 5.75 Å². The fourth-order valence-electron chi connectivity index (χ4n) is 1.77. The van der Waals surface area contributed by atoms with E-state index in [1.807, 2.05) is 33.8 Å². The van der Waals surface area contributed by atoms with Crippen LogP contribution in [0.25, 0.3) is 0 Å². The van der Waals surface area contributed by atoms with Crippen LogP contribution in [0.5, 0.6) is 5.75 Å². The summed E-state index contributed by atoms with van der Waals surface area (Å²) in [7, 11) is 1.40. The number of hydrogen-bond donors (Lipinski definition) is 0. The Morgan fingerprint density at radius 2 is 1.88 bits per heavy atom. The SMILES string of the molecule is CCOc1cc(C)c(C(=O)OC)c(C)c1C. The molecule has 0 aliphatic rings. The smallest absolute Gasteiger partial charge is 0.338 e. The van der Waals surface area contributed by atoms with Gasteiger partial charge in [-0.3, -0.25) is 0 Å². The topological polar surface area (TPSA) is 35.5 Å². The minimum absolute atomic E-state index is 0.291. The predicted octanol–water partition coefficient (Wildman–Crippen LogP) is 2.80. The number of ether oxygens (including phenoxy) is 2. The quantitative estimate of drug-likeness (QED) is 0.738. The summed E-state index contributed by atoms with van der Waals surface area (Å²) in [5.74, 6) is 0.548. The summed E-state index contributed by atoms with van der Waals surface area (Å²) in [5, 5.41) is 0. The molecule has 3 heteroatoms. The van der Waals surface area contributed by atoms with Gasteiger partial charge in [0.2, 0.25) is 0 Å². The summed E-state index contributed by atoms with van der Waals surface area (Å²) in [6, 6.07) is 1.89. The minimum atomic E-state index is -0.291. The maximum absolute atomic E-state index is 11.6. The molecule has 0 bridgehead atoms. The van der Waals surface area contributed by atoms with Gasteiger partial charge in [-0.25, -0.2) is 4.79 Å². The Hall–Kier alpha value is -1.51. The third kappa shape index (κ3) is 2.18. The normalized spacial score (nSPS) is 10.1. The molecule has 1 rings (SSSR count). The second kappa shape index (κ2) is 5.01. The molecule has 1 aromatic rings. The highest BCUT2D eigenvalue weighted by atomic mass is 16.5. The first kappa shape index (κ1) is 12.6. The first-order chi connectivity index (χ1) is 7.52. The van der Waals surface area contributed by atoms with Gasteiger partial charge < -0.3 is 9.47 Å². The Kier molecular flexibility index (Phi) is 3.93. The van der Waals surface area contributed by atoms with E-state index in [1.54, 1.807) is 0 Å². The van der Waals surface area contributed by atoms with Crippen molar-refractivity contribution < 1.29 is 14.3 Å². The van der Waals surface area contributed by atoms with Crippen molar-refractivity contribution in [1.82, 2.24) is 0 Å². The fourth-order valence-corrected chi connectivity index (χ4v) is 1.77. The molecule has 0 heterocycles. The van der Waals surface area contributed by atoms with Crippen LogP contribution in [0.15, 0.2) is 6.07 Å². The molecule has 0 radical (unpaired) electrons. The lowest BCUT2D eigenvalue weighted by Crippen LogP contribution is -2.09. The van der Waals surface area contributed by atoms with Gasteiger partial charge >= 0.3 is 5.97 Å². The summed E-state index contributed by atoms with van der Waals surface area (Å²) in [6.07, 6.45) is 0. The van der Waals surface area contributed by atoms with E-state index in [4.69, 9.17) is 9.47 Å². The van der Waals surface area contributed by atoms with Crippen LogP contribution in [0.2, 0.25) is 0 Å². The van der Waals surface area contributed by atoms with E-state index in [9.17, 15) is 4.79 Å². The van der Waals surface area contributed by atoms with E-state index in [0.29, 0.717) is 12.2 Å². The Labute approximate surface area is 96.4 Å². The van der Waals surface area contributed by atoms with Gasteiger partial charge in [0.25, 0.3) is 0 Å². The number of methoxy groups -OCH3 is 1. The number of rotatable bonds is 3. The van der Waals surface area contributed by atoms with Crippen LogP contribution >= 0.6 is 0 Å². The van der Waals surface area contributed by atoms with E-state index >= 15 is 0 Å². The molecule has 1 aromatic carbocycles. The van der Waals surface area contributed by atoms with Gasteiger partial charge in [-0.2, -0.15) is 0 Å². The van der Waals surface area contributed by atoms with E-state index in [-0.39, 0.29) is 5.97 Å². The van der Waals surface area contributed by atoms with Gasteiger partial charge in [0, 0.05) is 0 Å². The first-order valence-corrected chi connectivity index (χ1v) is 5.34. The van der Waals surface area contributed by atoms with Crippen LogP contribution in [-0.4, -0.2) is 19.7 Å². The number of carbonyl (C=O) groups excluding carboxylic acids is 1. The molecule has 0 fully saturated rings. The van der Waals surface area contributed by atoms with Crippen molar-refractivity contribution in [2.45, 2.75) is 27.7 Å². The van der Waals surface area contributed by atoms with Crippen LogP contribution < -0.4 is 4.74 Å². The van der Waals surface area contributed by atoms with E-state index in [1.165, 1.54) is 7.11 Å². The average Bonchev–Trinajstić information content (AvgIpc) is 2.25. The zero-order chi connectivity index (χ0) is 12.3. The molecule has 0 atom stereocenters. The van der Waals surface area contributed by atoms with E-state index in [0.717, 1.165) is 22.4 Å². The molecule has 0 aromatic heterocycles. The Morgan fingerprint density at radius 3 is 2.38 bits per heavy atom. The van der Waals surface area contributed by atoms with Crippen molar-refractivity contribution in [2.24, 2.45) is 0 Å². The maximum atomic E-state index is 11.6. The molecular formula is C13H18O3. The molecule has 0 aliphatic heterocycles. The largest absolute Gasteiger partial charge is 0.494 e. The molecule has 16 heavy (non-hydrogen) atoms. The van der Waals surface area contributed by atoms with Gasteiger partial charge in [0.15, 0.2) is 0 Å². The zero-order valence-corrected chi connectivity index (χ0v) is 10.5. The third-order valence-electron chi connectivity index (χ3n) is 2.74. The van der Waals surface area contributed by atoms with E-state index < -0.39 is 0 Å². The maximum Gasteiger partial charge on any atom is 0.338 e. The highest BCUT2D eigenvalue weighted by molar-refractivity contribution is 5.93. The predicted molar refractivity (Wildman–Crippen MR) is 63.2 cm³/mol. The minimum Gasteiger partial charge on any atom is -0.494 e. The summed E-state index contributed by atoms with van der Waals surface area (Å²) in [5.41, 5.74) is 3.45. The molecule has 0 N–H and O–H groups in total. The Bertz CT molecular complexity index is 408. The van der Waals surface area contributed by atoms with Crippen LogP contribution in [-0.2, 0) is 4.74 Å². The Balaban J connectivity index is 3.34. The van der Waals surface area contributed by atoms with Crippen LogP contribution in [0.1, 0.15) is 34.0 Å². The highest BCUT2D eigenvalue weighted by Crippen LogP contribution is 2.28. The van der Waals surface area contributed by atoms with E-state index in [2.05, 4.69) is 0 Å². The van der Waals surface area contributed by atoms with Crippen molar-refractivity contribution >= 4 is 5.97 Å². The fraction of sp³-hybridized carbons (Fsp3) is 0.462. The van der Waals surface area contributed by atoms with Crippen molar-refractivity contribution in [2.75, 3.05) is 13.7 Å². The van der Waals surface area contributed by atoms with Gasteiger partial charge in [-0.1, -0.05) is 0 Å². The van der Waals surface area contributed by atoms with Crippen LogP contribution in [0.4, 0.5) is 0 Å². The molecule has 0 unspecified atom stereocenters. The molecule has 0 spiro atoms. The second-order valence-electron chi connectivity index (χ2n) is 3.74. The lowest BCUT2D eigenvalue weighted by atomic mass is 9.97. The summed E-state index contributed by atoms with van der Waals surface area (Å²) in [4.78, 5) is 11.6. The van der Waals surface area contributed by atoms with Gasteiger partial charge in [-0.05, 0) is 50.5 Å². The second-order valence-corrected chi connectivity index (χ2v) is 3.74. The molecule has 3 nitrogen and oxygen atoms in total. The average molecular weight is 222 g/mol. The lowest BCUT2D eigenvalue weighted by molar-refractivity contribution is 0.0599. The van der Waals surface area contributed by atoms with Crippen LogP contribution in [0, 0.1) is 20.8 Å². The van der Waals surface area contributed by atoms with Crippen molar-refractivity contribution in [3.63, 3.8) is 0 Å². The molecule has 0 amide bonds.